The topological polar surface area (TPSA) is 52.9 Å². The van der Waals surface area contributed by atoms with Crippen molar-refractivity contribution in [2.75, 3.05) is 26.3 Å². The van der Waals surface area contributed by atoms with E-state index in [1.54, 1.807) is 6.07 Å². The van der Waals surface area contributed by atoms with Crippen molar-refractivity contribution >= 4 is 12.6 Å². The molecule has 0 aromatic heterocycles. The van der Waals surface area contributed by atoms with E-state index in [0.717, 1.165) is 31.9 Å². The first-order valence-electron chi connectivity index (χ1n) is 5.96. The molecule has 0 spiro atoms. The molecule has 92 valence electrons. The molecule has 0 aliphatic carbocycles. The molecule has 4 nitrogen and oxygen atoms in total. The Morgan fingerprint density at radius 2 is 2.00 bits per heavy atom. The quantitative estimate of drug-likeness (QED) is 0.710. The zero-order chi connectivity index (χ0) is 12.3. The third-order valence-corrected chi connectivity index (χ3v) is 3.28. The Hall–Kier alpha value is -0.875. The monoisotopic (exact) mass is 235 g/mol. The number of ether oxygens (including phenoxy) is 1. The number of nitrogens with zero attached hydrogens (tertiary/aromatic N) is 1. The predicted molar refractivity (Wildman–Crippen MR) is 67.1 cm³/mol. The van der Waals surface area contributed by atoms with Crippen LogP contribution in [0.2, 0.25) is 0 Å². The molecule has 17 heavy (non-hydrogen) atoms. The molecule has 5 heteroatoms. The number of hydrogen-bond donors (Lipinski definition) is 2. The van der Waals surface area contributed by atoms with E-state index < -0.39 is 7.12 Å². The van der Waals surface area contributed by atoms with Crippen LogP contribution in [0.3, 0.4) is 0 Å². The highest BCUT2D eigenvalue weighted by molar-refractivity contribution is 6.58. The SMILES string of the molecule is C[C@H](c1cccc(B(O)O)c1)N1CCOCC1. The van der Waals surface area contributed by atoms with Gasteiger partial charge in [-0.05, 0) is 17.9 Å². The highest BCUT2D eigenvalue weighted by Crippen LogP contribution is 2.20. The van der Waals surface area contributed by atoms with Crippen LogP contribution in [-0.4, -0.2) is 48.4 Å². The fourth-order valence-corrected chi connectivity index (χ4v) is 2.16. The summed E-state index contributed by atoms with van der Waals surface area (Å²) in [7, 11) is -1.40. The minimum absolute atomic E-state index is 0.276. The van der Waals surface area contributed by atoms with Gasteiger partial charge in [0.1, 0.15) is 0 Å². The highest BCUT2D eigenvalue weighted by Gasteiger charge is 2.19. The summed E-state index contributed by atoms with van der Waals surface area (Å²) >= 11 is 0. The lowest BCUT2D eigenvalue weighted by atomic mass is 9.79. The Morgan fingerprint density at radius 1 is 1.29 bits per heavy atom. The molecule has 0 unspecified atom stereocenters. The van der Waals surface area contributed by atoms with E-state index in [2.05, 4.69) is 11.8 Å². The molecule has 1 aromatic rings. The van der Waals surface area contributed by atoms with Crippen LogP contribution < -0.4 is 5.46 Å². The van der Waals surface area contributed by atoms with Gasteiger partial charge < -0.3 is 14.8 Å². The Kier molecular flexibility index (Phi) is 4.18. The minimum atomic E-state index is -1.40. The van der Waals surface area contributed by atoms with Crippen LogP contribution in [0.25, 0.3) is 0 Å². The lowest BCUT2D eigenvalue weighted by Gasteiger charge is -2.32. The normalized spacial score (nSPS) is 19.0. The molecular weight excluding hydrogens is 217 g/mol. The van der Waals surface area contributed by atoms with Gasteiger partial charge in [0.05, 0.1) is 13.2 Å². The van der Waals surface area contributed by atoms with Crippen molar-refractivity contribution in [3.8, 4) is 0 Å². The first kappa shape index (κ1) is 12.6. The van der Waals surface area contributed by atoms with Gasteiger partial charge in [-0.25, -0.2) is 0 Å². The van der Waals surface area contributed by atoms with Crippen molar-refractivity contribution in [3.63, 3.8) is 0 Å². The molecule has 2 rings (SSSR count). The Morgan fingerprint density at radius 3 is 2.65 bits per heavy atom. The van der Waals surface area contributed by atoms with E-state index in [1.807, 2.05) is 18.2 Å². The lowest BCUT2D eigenvalue weighted by molar-refractivity contribution is 0.0199. The van der Waals surface area contributed by atoms with Crippen molar-refractivity contribution in [1.29, 1.82) is 0 Å². The summed E-state index contributed by atoms with van der Waals surface area (Å²) in [6.45, 7) is 5.52. The molecule has 0 saturated carbocycles. The zero-order valence-electron chi connectivity index (χ0n) is 10.0. The van der Waals surface area contributed by atoms with Gasteiger partial charge in [-0.15, -0.1) is 0 Å². The first-order chi connectivity index (χ1) is 8.18. The molecule has 1 aliphatic rings. The second-order valence-corrected chi connectivity index (χ2v) is 4.37. The molecule has 0 radical (unpaired) electrons. The molecule has 1 aromatic carbocycles. The average molecular weight is 235 g/mol. The summed E-state index contributed by atoms with van der Waals surface area (Å²) in [6.07, 6.45) is 0. The second kappa shape index (κ2) is 5.64. The molecule has 0 amide bonds. The van der Waals surface area contributed by atoms with Crippen LogP contribution in [0.4, 0.5) is 0 Å². The molecule has 1 atom stereocenters. The number of benzene rings is 1. The van der Waals surface area contributed by atoms with Gasteiger partial charge >= 0.3 is 7.12 Å². The molecule has 1 heterocycles. The van der Waals surface area contributed by atoms with E-state index in [1.165, 1.54) is 0 Å². The number of hydrogen-bond acceptors (Lipinski definition) is 4. The standard InChI is InChI=1S/C12H18BNO3/c1-10(14-5-7-17-8-6-14)11-3-2-4-12(9-11)13(15)16/h2-4,9-10,15-16H,5-8H2,1H3/t10-/m1/s1. The van der Waals surface area contributed by atoms with Crippen molar-refractivity contribution in [2.24, 2.45) is 0 Å². The summed E-state index contributed by atoms with van der Waals surface area (Å²) in [5, 5.41) is 18.3. The molecule has 1 saturated heterocycles. The van der Waals surface area contributed by atoms with Gasteiger partial charge in [0.25, 0.3) is 0 Å². The average Bonchev–Trinajstić information content (AvgIpc) is 2.39. The number of morpholine rings is 1. The highest BCUT2D eigenvalue weighted by atomic mass is 16.5. The first-order valence-corrected chi connectivity index (χ1v) is 5.96. The van der Waals surface area contributed by atoms with E-state index in [9.17, 15) is 0 Å². The van der Waals surface area contributed by atoms with E-state index in [4.69, 9.17) is 14.8 Å². The fourth-order valence-electron chi connectivity index (χ4n) is 2.16. The number of rotatable bonds is 3. The Labute approximate surface area is 102 Å². The molecule has 2 N–H and O–H groups in total. The zero-order valence-corrected chi connectivity index (χ0v) is 10.0. The summed E-state index contributed by atoms with van der Waals surface area (Å²) in [4.78, 5) is 2.34. The summed E-state index contributed by atoms with van der Waals surface area (Å²) in [5.74, 6) is 0. The van der Waals surface area contributed by atoms with Crippen molar-refractivity contribution in [3.05, 3.63) is 29.8 Å². The van der Waals surface area contributed by atoms with Crippen LogP contribution in [0.1, 0.15) is 18.5 Å². The van der Waals surface area contributed by atoms with Crippen LogP contribution in [0.15, 0.2) is 24.3 Å². The minimum Gasteiger partial charge on any atom is -0.423 e. The molecular formula is C12H18BNO3. The predicted octanol–water partition coefficient (Wildman–Crippen LogP) is -0.240. The summed E-state index contributed by atoms with van der Waals surface area (Å²) in [5.41, 5.74) is 1.65. The van der Waals surface area contributed by atoms with Crippen LogP contribution in [0, 0.1) is 0 Å². The Balaban J connectivity index is 2.12. The van der Waals surface area contributed by atoms with Gasteiger partial charge in [0.15, 0.2) is 0 Å². The second-order valence-electron chi connectivity index (χ2n) is 4.37. The van der Waals surface area contributed by atoms with E-state index in [0.29, 0.717) is 5.46 Å². The van der Waals surface area contributed by atoms with E-state index >= 15 is 0 Å². The van der Waals surface area contributed by atoms with Gasteiger partial charge in [-0.1, -0.05) is 24.3 Å². The summed E-state index contributed by atoms with van der Waals surface area (Å²) < 4.78 is 5.33. The van der Waals surface area contributed by atoms with Crippen molar-refractivity contribution in [2.45, 2.75) is 13.0 Å². The fraction of sp³-hybridized carbons (Fsp3) is 0.500. The summed E-state index contributed by atoms with van der Waals surface area (Å²) in [6, 6.07) is 7.73. The lowest BCUT2D eigenvalue weighted by Crippen LogP contribution is -2.38. The third kappa shape index (κ3) is 3.07. The van der Waals surface area contributed by atoms with Crippen molar-refractivity contribution in [1.82, 2.24) is 4.90 Å². The van der Waals surface area contributed by atoms with Crippen molar-refractivity contribution < 1.29 is 14.8 Å². The van der Waals surface area contributed by atoms with E-state index in [-0.39, 0.29) is 6.04 Å². The largest absolute Gasteiger partial charge is 0.488 e. The maximum absolute atomic E-state index is 9.16. The Bertz CT molecular complexity index is 367. The van der Waals surface area contributed by atoms with Crippen LogP contribution in [0.5, 0.6) is 0 Å². The molecule has 0 bridgehead atoms. The third-order valence-electron chi connectivity index (χ3n) is 3.28. The smallest absolute Gasteiger partial charge is 0.423 e. The molecule has 1 aliphatic heterocycles. The van der Waals surface area contributed by atoms with Gasteiger partial charge in [-0.3, -0.25) is 4.90 Å². The maximum Gasteiger partial charge on any atom is 0.488 e. The maximum atomic E-state index is 9.16. The van der Waals surface area contributed by atoms with Gasteiger partial charge in [0.2, 0.25) is 0 Å². The van der Waals surface area contributed by atoms with Gasteiger partial charge in [0, 0.05) is 19.1 Å². The van der Waals surface area contributed by atoms with Crippen LogP contribution in [-0.2, 0) is 4.74 Å². The van der Waals surface area contributed by atoms with Gasteiger partial charge in [-0.2, -0.15) is 0 Å². The molecule has 1 fully saturated rings. The van der Waals surface area contributed by atoms with Crippen LogP contribution >= 0.6 is 0 Å².